The minimum absolute atomic E-state index is 0.426. The first-order valence-electron chi connectivity index (χ1n) is 7.44. The number of hydrogen-bond acceptors (Lipinski definition) is 3. The van der Waals surface area contributed by atoms with Crippen molar-refractivity contribution in [2.45, 2.75) is 25.3 Å². The van der Waals surface area contributed by atoms with Gasteiger partial charge >= 0.3 is 5.97 Å². The van der Waals surface area contributed by atoms with E-state index in [2.05, 4.69) is 16.8 Å². The molecule has 4 nitrogen and oxygen atoms in total. The zero-order valence-corrected chi connectivity index (χ0v) is 12.0. The fourth-order valence-electron chi connectivity index (χ4n) is 3.80. The maximum absolute atomic E-state index is 11.4. The van der Waals surface area contributed by atoms with E-state index in [1.165, 1.54) is 19.4 Å². The average molecular weight is 274 g/mol. The molecular weight excluding hydrogens is 252 g/mol. The first kappa shape index (κ1) is 13.4. The Morgan fingerprint density at radius 1 is 1.25 bits per heavy atom. The molecule has 2 atom stereocenters. The number of fused-ring (bicyclic) bond motifs is 1. The fourth-order valence-corrected chi connectivity index (χ4v) is 3.80. The van der Waals surface area contributed by atoms with Gasteiger partial charge in [-0.2, -0.15) is 0 Å². The van der Waals surface area contributed by atoms with Crippen LogP contribution in [0.25, 0.3) is 0 Å². The summed E-state index contributed by atoms with van der Waals surface area (Å²) in [7, 11) is 2.22. The van der Waals surface area contributed by atoms with Crippen LogP contribution in [0.3, 0.4) is 0 Å². The Morgan fingerprint density at radius 2 is 2.05 bits per heavy atom. The number of carboxylic acids is 1. The maximum Gasteiger partial charge on any atom is 0.337 e. The molecule has 2 unspecified atom stereocenters. The van der Waals surface area contributed by atoms with E-state index in [4.69, 9.17) is 0 Å². The lowest BCUT2D eigenvalue weighted by atomic mass is 9.84. The van der Waals surface area contributed by atoms with E-state index < -0.39 is 5.97 Å². The number of para-hydroxylation sites is 1. The summed E-state index contributed by atoms with van der Waals surface area (Å²) in [6, 6.07) is 8.05. The molecule has 4 heteroatoms. The highest BCUT2D eigenvalue weighted by atomic mass is 16.4. The van der Waals surface area contributed by atoms with Crippen molar-refractivity contribution in [3.63, 3.8) is 0 Å². The molecule has 2 saturated heterocycles. The second-order valence-electron chi connectivity index (χ2n) is 6.01. The van der Waals surface area contributed by atoms with Crippen LogP contribution in [-0.2, 0) is 0 Å². The Kier molecular flexibility index (Phi) is 3.66. The molecule has 0 spiro atoms. The van der Waals surface area contributed by atoms with E-state index >= 15 is 0 Å². The van der Waals surface area contributed by atoms with Crippen LogP contribution in [0.4, 0.5) is 5.69 Å². The zero-order valence-electron chi connectivity index (χ0n) is 12.0. The number of hydrogen-bond donors (Lipinski definition) is 1. The van der Waals surface area contributed by atoms with Crippen molar-refractivity contribution in [2.75, 3.05) is 31.6 Å². The highest BCUT2D eigenvalue weighted by Gasteiger charge is 2.34. The lowest BCUT2D eigenvalue weighted by Crippen LogP contribution is -2.53. The Bertz CT molecular complexity index is 503. The van der Waals surface area contributed by atoms with Gasteiger partial charge in [-0.15, -0.1) is 0 Å². The molecule has 2 heterocycles. The summed E-state index contributed by atoms with van der Waals surface area (Å²) in [6.07, 6.45) is 3.65. The van der Waals surface area contributed by atoms with Crippen LogP contribution in [0, 0.1) is 5.92 Å². The minimum Gasteiger partial charge on any atom is -0.478 e. The van der Waals surface area contributed by atoms with Crippen molar-refractivity contribution in [1.29, 1.82) is 0 Å². The van der Waals surface area contributed by atoms with Gasteiger partial charge in [0.1, 0.15) is 0 Å². The molecule has 0 bridgehead atoms. The molecule has 2 aliphatic heterocycles. The quantitative estimate of drug-likeness (QED) is 0.899. The van der Waals surface area contributed by atoms with Gasteiger partial charge < -0.3 is 14.9 Å². The number of rotatable bonds is 2. The molecule has 0 aliphatic carbocycles. The summed E-state index contributed by atoms with van der Waals surface area (Å²) in [6.45, 7) is 3.14. The van der Waals surface area contributed by atoms with Gasteiger partial charge in [0.05, 0.1) is 11.3 Å². The standard InChI is InChI=1S/C16H22N2O2/c1-17-9-4-5-12-11-18(10-8-14(12)17)15-7-3-2-6-13(15)16(19)20/h2-3,6-7,12,14H,4-5,8-11H2,1H3,(H,19,20). The molecule has 1 N–H and O–H groups in total. The van der Waals surface area contributed by atoms with Crippen LogP contribution in [0.2, 0.25) is 0 Å². The maximum atomic E-state index is 11.4. The van der Waals surface area contributed by atoms with E-state index in [1.807, 2.05) is 12.1 Å². The van der Waals surface area contributed by atoms with E-state index in [0.29, 0.717) is 17.5 Å². The van der Waals surface area contributed by atoms with Gasteiger partial charge in [-0.3, -0.25) is 0 Å². The number of likely N-dealkylation sites (tertiary alicyclic amines) is 1. The van der Waals surface area contributed by atoms with E-state index in [0.717, 1.165) is 25.2 Å². The molecule has 3 rings (SSSR count). The molecule has 0 aromatic heterocycles. The van der Waals surface area contributed by atoms with Crippen molar-refractivity contribution >= 4 is 11.7 Å². The first-order valence-corrected chi connectivity index (χ1v) is 7.44. The van der Waals surface area contributed by atoms with Crippen LogP contribution >= 0.6 is 0 Å². The van der Waals surface area contributed by atoms with Crippen molar-refractivity contribution < 1.29 is 9.90 Å². The number of benzene rings is 1. The average Bonchev–Trinajstić information content (AvgIpc) is 2.47. The van der Waals surface area contributed by atoms with Gasteiger partial charge in [0, 0.05) is 19.1 Å². The minimum atomic E-state index is -0.830. The van der Waals surface area contributed by atoms with E-state index in [9.17, 15) is 9.90 Å². The third-order valence-corrected chi connectivity index (χ3v) is 4.82. The molecular formula is C16H22N2O2. The number of anilines is 1. The second kappa shape index (κ2) is 5.44. The summed E-state index contributed by atoms with van der Waals surface area (Å²) >= 11 is 0. The van der Waals surface area contributed by atoms with Gasteiger partial charge in [-0.1, -0.05) is 12.1 Å². The molecule has 1 aromatic rings. The number of carbonyl (C=O) groups is 1. The predicted octanol–water partition coefficient (Wildman–Crippen LogP) is 2.31. The van der Waals surface area contributed by atoms with Gasteiger partial charge in [0.25, 0.3) is 0 Å². The number of piperidine rings is 2. The van der Waals surface area contributed by atoms with Crippen LogP contribution in [-0.4, -0.2) is 48.7 Å². The topological polar surface area (TPSA) is 43.8 Å². The predicted molar refractivity (Wildman–Crippen MR) is 79.4 cm³/mol. The largest absolute Gasteiger partial charge is 0.478 e. The highest BCUT2D eigenvalue weighted by Crippen LogP contribution is 2.33. The molecule has 0 radical (unpaired) electrons. The number of carboxylic acid groups (broad SMARTS) is 1. The molecule has 20 heavy (non-hydrogen) atoms. The molecule has 0 saturated carbocycles. The molecule has 0 amide bonds. The smallest absolute Gasteiger partial charge is 0.337 e. The van der Waals surface area contributed by atoms with Gasteiger partial charge in [-0.05, 0) is 50.9 Å². The Hall–Kier alpha value is -1.55. The van der Waals surface area contributed by atoms with Crippen molar-refractivity contribution in [2.24, 2.45) is 5.92 Å². The summed E-state index contributed by atoms with van der Waals surface area (Å²) in [4.78, 5) is 16.1. The normalized spacial score (nSPS) is 27.1. The first-order chi connectivity index (χ1) is 9.66. The molecule has 108 valence electrons. The Morgan fingerprint density at radius 3 is 2.85 bits per heavy atom. The monoisotopic (exact) mass is 274 g/mol. The van der Waals surface area contributed by atoms with Gasteiger partial charge in [-0.25, -0.2) is 4.79 Å². The lowest BCUT2D eigenvalue weighted by molar-refractivity contribution is 0.0696. The third kappa shape index (κ3) is 2.40. The van der Waals surface area contributed by atoms with Gasteiger partial charge in [0.15, 0.2) is 0 Å². The molecule has 1 aromatic carbocycles. The van der Waals surface area contributed by atoms with Gasteiger partial charge in [0.2, 0.25) is 0 Å². The number of nitrogens with zero attached hydrogens (tertiary/aromatic N) is 2. The third-order valence-electron chi connectivity index (χ3n) is 4.82. The number of aromatic carboxylic acids is 1. The SMILES string of the molecule is CN1CCCC2CN(c3ccccc3C(=O)O)CCC21. The highest BCUT2D eigenvalue weighted by molar-refractivity contribution is 5.94. The van der Waals surface area contributed by atoms with Crippen LogP contribution in [0.1, 0.15) is 29.6 Å². The lowest BCUT2D eigenvalue weighted by Gasteiger charge is -2.46. The van der Waals surface area contributed by atoms with Crippen LogP contribution in [0.5, 0.6) is 0 Å². The zero-order chi connectivity index (χ0) is 14.1. The van der Waals surface area contributed by atoms with E-state index in [-0.39, 0.29) is 0 Å². The summed E-state index contributed by atoms with van der Waals surface area (Å²) in [5, 5.41) is 9.34. The summed E-state index contributed by atoms with van der Waals surface area (Å²) in [5.41, 5.74) is 1.31. The summed E-state index contributed by atoms with van der Waals surface area (Å²) < 4.78 is 0. The van der Waals surface area contributed by atoms with E-state index in [1.54, 1.807) is 12.1 Å². The Balaban J connectivity index is 1.81. The fraction of sp³-hybridized carbons (Fsp3) is 0.562. The van der Waals surface area contributed by atoms with Crippen molar-refractivity contribution in [3.05, 3.63) is 29.8 Å². The molecule has 2 fully saturated rings. The Labute approximate surface area is 120 Å². The van der Waals surface area contributed by atoms with Crippen molar-refractivity contribution in [1.82, 2.24) is 4.90 Å². The summed E-state index contributed by atoms with van der Waals surface area (Å²) in [5.74, 6) is -0.159. The second-order valence-corrected chi connectivity index (χ2v) is 6.01. The van der Waals surface area contributed by atoms with Crippen molar-refractivity contribution in [3.8, 4) is 0 Å². The van der Waals surface area contributed by atoms with Crippen LogP contribution in [0.15, 0.2) is 24.3 Å². The molecule has 2 aliphatic rings. The van der Waals surface area contributed by atoms with Crippen LogP contribution < -0.4 is 4.90 Å².